The average molecular weight is 298 g/mol. The van der Waals surface area contributed by atoms with E-state index in [9.17, 15) is 0 Å². The molecule has 0 aliphatic carbocycles. The summed E-state index contributed by atoms with van der Waals surface area (Å²) in [5, 5.41) is 0. The first-order chi connectivity index (χ1) is 5.83. The van der Waals surface area contributed by atoms with Crippen LogP contribution in [0.15, 0.2) is 12.4 Å². The van der Waals surface area contributed by atoms with Crippen molar-refractivity contribution in [2.75, 3.05) is 0 Å². The number of aromatic nitrogens is 2. The van der Waals surface area contributed by atoms with Gasteiger partial charge in [0.25, 0.3) is 0 Å². The summed E-state index contributed by atoms with van der Waals surface area (Å²) in [4.78, 5) is 7.82. The second-order valence-corrected chi connectivity index (χ2v) is 3.06. The van der Waals surface area contributed by atoms with Crippen molar-refractivity contribution in [1.29, 1.82) is 0 Å². The van der Waals surface area contributed by atoms with Crippen molar-refractivity contribution in [2.24, 2.45) is 0 Å². The largest absolute Gasteiger partial charge is 0.378 e. The van der Waals surface area contributed by atoms with Crippen LogP contribution in [0.25, 0.3) is 0 Å². The van der Waals surface area contributed by atoms with Gasteiger partial charge in [0, 0.05) is 33.6 Å². The molecule has 68 valence electrons. The fourth-order valence-electron chi connectivity index (χ4n) is 0.452. The van der Waals surface area contributed by atoms with Crippen LogP contribution in [0.3, 0.4) is 0 Å². The lowest BCUT2D eigenvalue weighted by molar-refractivity contribution is 0.592. The van der Waals surface area contributed by atoms with Crippen LogP contribution in [-0.2, 0) is 0 Å². The minimum Gasteiger partial charge on any atom is -0.378 e. The summed E-state index contributed by atoms with van der Waals surface area (Å²) in [5.41, 5.74) is 1.03. The molecule has 0 fully saturated rings. The summed E-state index contributed by atoms with van der Waals surface area (Å²) in [7, 11) is 1.21. The summed E-state index contributed by atoms with van der Waals surface area (Å²) in [5.74, 6) is 0. The minimum atomic E-state index is 0.407. The lowest BCUT2D eigenvalue weighted by Gasteiger charge is -1.95. The lowest BCUT2D eigenvalue weighted by atomic mass is 10.4. The van der Waals surface area contributed by atoms with Crippen molar-refractivity contribution in [3.05, 3.63) is 18.0 Å². The Kier molecular flexibility index (Phi) is 7.58. The quantitative estimate of drug-likeness (QED) is 0.620. The van der Waals surface area contributed by atoms with Crippen LogP contribution in [0.2, 0.25) is 0 Å². The SMILES string of the molecule is CC.Cc1cnc(OSI)nc1. The van der Waals surface area contributed by atoms with E-state index in [4.69, 9.17) is 4.18 Å². The Bertz CT molecular complexity index is 205. The van der Waals surface area contributed by atoms with Gasteiger partial charge < -0.3 is 4.18 Å². The molecule has 0 bridgehead atoms. The minimum absolute atomic E-state index is 0.407. The van der Waals surface area contributed by atoms with E-state index in [-0.39, 0.29) is 0 Å². The third kappa shape index (κ3) is 4.76. The van der Waals surface area contributed by atoms with Gasteiger partial charge >= 0.3 is 6.01 Å². The predicted molar refractivity (Wildman–Crippen MR) is 60.4 cm³/mol. The molecular formula is C7H11IN2OS. The van der Waals surface area contributed by atoms with Crippen molar-refractivity contribution >= 4 is 30.4 Å². The maximum Gasteiger partial charge on any atom is 0.329 e. The van der Waals surface area contributed by atoms with Crippen molar-refractivity contribution in [3.8, 4) is 6.01 Å². The van der Waals surface area contributed by atoms with E-state index < -0.39 is 0 Å². The highest BCUT2D eigenvalue weighted by atomic mass is 127. The van der Waals surface area contributed by atoms with Crippen LogP contribution in [0.1, 0.15) is 19.4 Å². The molecule has 0 aromatic carbocycles. The molecule has 0 saturated carbocycles. The van der Waals surface area contributed by atoms with Gasteiger partial charge in [-0.05, 0) is 12.5 Å². The van der Waals surface area contributed by atoms with E-state index >= 15 is 0 Å². The zero-order chi connectivity index (χ0) is 9.40. The van der Waals surface area contributed by atoms with Gasteiger partial charge in [-0.3, -0.25) is 0 Å². The molecule has 0 spiro atoms. The zero-order valence-corrected chi connectivity index (χ0v) is 10.2. The topological polar surface area (TPSA) is 35.0 Å². The second-order valence-electron chi connectivity index (χ2n) is 1.69. The van der Waals surface area contributed by atoms with Crippen LogP contribution >= 0.6 is 30.4 Å². The molecule has 1 rings (SSSR count). The van der Waals surface area contributed by atoms with Crippen LogP contribution in [0.5, 0.6) is 6.01 Å². The zero-order valence-electron chi connectivity index (χ0n) is 7.24. The standard InChI is InChI=1S/C5H5IN2OS.C2H6/c1-4-2-7-5(8-3-4)9-10-6;1-2/h2-3H,1H3;1-2H3. The van der Waals surface area contributed by atoms with Gasteiger partial charge in [0.15, 0.2) is 0 Å². The number of halogens is 1. The van der Waals surface area contributed by atoms with E-state index in [1.165, 1.54) is 9.21 Å². The Balaban J connectivity index is 0.000000561. The van der Waals surface area contributed by atoms with Gasteiger partial charge in [0.05, 0.1) is 0 Å². The molecule has 0 saturated heterocycles. The third-order valence-electron chi connectivity index (χ3n) is 0.863. The first-order valence-electron chi connectivity index (χ1n) is 3.57. The van der Waals surface area contributed by atoms with E-state index in [2.05, 4.69) is 9.97 Å². The first kappa shape index (κ1) is 12.0. The number of hydrogen-bond acceptors (Lipinski definition) is 4. The molecule has 0 amide bonds. The van der Waals surface area contributed by atoms with Crippen molar-refractivity contribution in [2.45, 2.75) is 20.8 Å². The van der Waals surface area contributed by atoms with Crippen molar-refractivity contribution in [3.63, 3.8) is 0 Å². The van der Waals surface area contributed by atoms with Crippen molar-refractivity contribution in [1.82, 2.24) is 9.97 Å². The summed E-state index contributed by atoms with van der Waals surface area (Å²) in [6.07, 6.45) is 3.43. The summed E-state index contributed by atoms with van der Waals surface area (Å²) < 4.78 is 4.94. The van der Waals surface area contributed by atoms with E-state index in [1.54, 1.807) is 12.4 Å². The number of rotatable bonds is 2. The van der Waals surface area contributed by atoms with Gasteiger partial charge in [-0.25, -0.2) is 9.97 Å². The molecule has 0 aliphatic rings. The van der Waals surface area contributed by atoms with Gasteiger partial charge in [-0.15, -0.1) is 0 Å². The number of hydrogen-bond donors (Lipinski definition) is 0. The molecule has 12 heavy (non-hydrogen) atoms. The maximum atomic E-state index is 4.94. The predicted octanol–water partition coefficient (Wildman–Crippen LogP) is 3.19. The Morgan fingerprint density at radius 1 is 1.33 bits per heavy atom. The Hall–Kier alpha value is -0.0400. The van der Waals surface area contributed by atoms with Gasteiger partial charge in [0.1, 0.15) is 9.21 Å². The molecule has 1 aromatic rings. The molecule has 0 unspecified atom stereocenters. The van der Waals surface area contributed by atoms with Crippen LogP contribution in [0, 0.1) is 6.92 Å². The first-order valence-corrected chi connectivity index (χ1v) is 6.85. The third-order valence-corrected chi connectivity index (χ3v) is 1.61. The highest BCUT2D eigenvalue weighted by molar-refractivity contribution is 14.2. The second kappa shape index (κ2) is 7.60. The average Bonchev–Trinajstić information content (AvgIpc) is 2.13. The maximum absolute atomic E-state index is 4.94. The Labute approximate surface area is 89.1 Å². The highest BCUT2D eigenvalue weighted by Crippen LogP contribution is 2.15. The molecule has 1 heterocycles. The molecule has 0 atom stereocenters. The number of nitrogens with zero attached hydrogens (tertiary/aromatic N) is 2. The van der Waals surface area contributed by atoms with Crippen LogP contribution in [-0.4, -0.2) is 9.97 Å². The summed E-state index contributed by atoms with van der Waals surface area (Å²) >= 11 is 2.01. The lowest BCUT2D eigenvalue weighted by Crippen LogP contribution is -1.87. The Morgan fingerprint density at radius 3 is 2.25 bits per heavy atom. The van der Waals surface area contributed by atoms with E-state index in [0.29, 0.717) is 6.01 Å². The van der Waals surface area contributed by atoms with E-state index in [0.717, 1.165) is 5.56 Å². The number of aryl methyl sites for hydroxylation is 1. The fourth-order valence-corrected chi connectivity index (χ4v) is 1.08. The normalized spacial score (nSPS) is 8.33. The van der Waals surface area contributed by atoms with Crippen molar-refractivity contribution < 1.29 is 4.18 Å². The molecule has 3 nitrogen and oxygen atoms in total. The monoisotopic (exact) mass is 298 g/mol. The van der Waals surface area contributed by atoms with Gasteiger partial charge in [-0.1, -0.05) is 13.8 Å². The molecule has 1 aromatic heterocycles. The summed E-state index contributed by atoms with van der Waals surface area (Å²) in [6, 6.07) is 0.407. The molecular weight excluding hydrogens is 287 g/mol. The van der Waals surface area contributed by atoms with Crippen LogP contribution < -0.4 is 4.18 Å². The molecule has 0 N–H and O–H groups in total. The highest BCUT2D eigenvalue weighted by Gasteiger charge is 1.93. The molecule has 0 radical (unpaired) electrons. The molecule has 5 heteroatoms. The smallest absolute Gasteiger partial charge is 0.329 e. The Morgan fingerprint density at radius 2 is 1.83 bits per heavy atom. The van der Waals surface area contributed by atoms with Gasteiger partial charge in [0.2, 0.25) is 0 Å². The van der Waals surface area contributed by atoms with E-state index in [1.807, 2.05) is 42.0 Å². The van der Waals surface area contributed by atoms with Crippen LogP contribution in [0.4, 0.5) is 0 Å². The fraction of sp³-hybridized carbons (Fsp3) is 0.429. The molecule has 0 aliphatic heterocycles. The summed E-state index contributed by atoms with van der Waals surface area (Å²) in [6.45, 7) is 5.93. The van der Waals surface area contributed by atoms with Gasteiger partial charge in [-0.2, -0.15) is 0 Å².